The van der Waals surface area contributed by atoms with E-state index in [1.165, 1.54) is 43.2 Å². The molecule has 1 N–H and O–H groups in total. The van der Waals surface area contributed by atoms with Crippen LogP contribution >= 0.6 is 0 Å². The Bertz CT molecular complexity index is 1030. The number of benzene rings is 2. The summed E-state index contributed by atoms with van der Waals surface area (Å²) < 4.78 is 0. The fourth-order valence-electron chi connectivity index (χ4n) is 4.05. The zero-order valence-corrected chi connectivity index (χ0v) is 20.2. The minimum Gasteiger partial charge on any atom is -0.478 e. The number of rotatable bonds is 12. The summed E-state index contributed by atoms with van der Waals surface area (Å²) >= 11 is 0. The Hall–Kier alpha value is -3.01. The minimum absolute atomic E-state index is 0.329. The number of hydrogen-bond acceptors (Lipinski definition) is 3. The molecule has 1 atom stereocenters. The zero-order chi connectivity index (χ0) is 23.6. The van der Waals surface area contributed by atoms with Crippen molar-refractivity contribution < 1.29 is 9.90 Å². The Balaban J connectivity index is 1.74. The molecule has 0 radical (unpaired) electrons. The zero-order valence-electron chi connectivity index (χ0n) is 20.2. The maximum Gasteiger partial charge on any atom is 0.336 e. The summed E-state index contributed by atoms with van der Waals surface area (Å²) in [5.74, 6) is 0.352. The monoisotopic (exact) mass is 444 g/mol. The van der Waals surface area contributed by atoms with Crippen molar-refractivity contribution in [2.75, 3.05) is 0 Å². The van der Waals surface area contributed by atoms with Gasteiger partial charge < -0.3 is 5.11 Å². The molecule has 0 saturated carbocycles. The summed E-state index contributed by atoms with van der Waals surface area (Å²) in [4.78, 5) is 20.9. The van der Waals surface area contributed by atoms with Gasteiger partial charge in [-0.2, -0.15) is 0 Å². The van der Waals surface area contributed by atoms with E-state index >= 15 is 0 Å². The SMILES string of the molecule is CCCCCCCc1cnc(-c2ccc(-c3cc(C[C@@H](C)CC)ccc3C(=O)O)cc2)nc1. The summed E-state index contributed by atoms with van der Waals surface area (Å²) in [6.07, 6.45) is 13.2. The maximum absolute atomic E-state index is 11.8. The van der Waals surface area contributed by atoms with Crippen LogP contribution in [0, 0.1) is 5.92 Å². The van der Waals surface area contributed by atoms with Gasteiger partial charge in [-0.15, -0.1) is 0 Å². The lowest BCUT2D eigenvalue weighted by Crippen LogP contribution is -2.03. The summed E-state index contributed by atoms with van der Waals surface area (Å²) in [5, 5.41) is 9.69. The van der Waals surface area contributed by atoms with Gasteiger partial charge in [0.05, 0.1) is 5.56 Å². The molecule has 1 heterocycles. The average Bonchev–Trinajstić information content (AvgIpc) is 2.84. The molecule has 2 aromatic carbocycles. The second kappa shape index (κ2) is 12.3. The van der Waals surface area contributed by atoms with E-state index in [1.807, 2.05) is 48.8 Å². The van der Waals surface area contributed by atoms with Crippen molar-refractivity contribution in [3.05, 3.63) is 71.5 Å². The molecule has 3 rings (SSSR count). The van der Waals surface area contributed by atoms with Crippen molar-refractivity contribution in [3.63, 3.8) is 0 Å². The Morgan fingerprint density at radius 2 is 1.55 bits per heavy atom. The number of unbranched alkanes of at least 4 members (excludes halogenated alkanes) is 4. The van der Waals surface area contributed by atoms with Gasteiger partial charge in [0.25, 0.3) is 0 Å². The van der Waals surface area contributed by atoms with Crippen LogP contribution in [0.25, 0.3) is 22.5 Å². The molecular weight excluding hydrogens is 408 g/mol. The Labute approximate surface area is 198 Å². The number of aromatic nitrogens is 2. The molecule has 0 aliphatic carbocycles. The number of aromatic carboxylic acids is 1. The third-order valence-corrected chi connectivity index (χ3v) is 6.32. The van der Waals surface area contributed by atoms with Crippen LogP contribution in [-0.2, 0) is 12.8 Å². The number of hydrogen-bond donors (Lipinski definition) is 1. The molecule has 0 unspecified atom stereocenters. The van der Waals surface area contributed by atoms with E-state index in [0.29, 0.717) is 17.3 Å². The van der Waals surface area contributed by atoms with E-state index in [9.17, 15) is 9.90 Å². The van der Waals surface area contributed by atoms with Gasteiger partial charge in [0.1, 0.15) is 0 Å². The Kier molecular flexibility index (Phi) is 9.17. The quantitative estimate of drug-likeness (QED) is 0.292. The largest absolute Gasteiger partial charge is 0.478 e. The molecule has 4 nitrogen and oxygen atoms in total. The summed E-state index contributed by atoms with van der Waals surface area (Å²) in [6.45, 7) is 6.63. The van der Waals surface area contributed by atoms with E-state index in [1.54, 1.807) is 6.07 Å². The summed E-state index contributed by atoms with van der Waals surface area (Å²) in [7, 11) is 0. The van der Waals surface area contributed by atoms with Crippen LogP contribution in [0.4, 0.5) is 0 Å². The molecular formula is C29H36N2O2. The van der Waals surface area contributed by atoms with Crippen LogP contribution < -0.4 is 0 Å². The second-order valence-corrected chi connectivity index (χ2v) is 9.06. The average molecular weight is 445 g/mol. The standard InChI is InChI=1S/C29H36N2O2/c1-4-6-7-8-9-10-23-19-30-28(31-20-23)25-14-12-24(13-15-25)27-18-22(17-21(3)5-2)11-16-26(27)29(32)33/h11-16,18-21H,4-10,17H2,1-3H3,(H,32,33)/t21-/m0/s1. The van der Waals surface area contributed by atoms with Crippen molar-refractivity contribution in [1.29, 1.82) is 0 Å². The second-order valence-electron chi connectivity index (χ2n) is 9.06. The van der Waals surface area contributed by atoms with Crippen LogP contribution in [0.1, 0.15) is 80.8 Å². The molecule has 0 bridgehead atoms. The highest BCUT2D eigenvalue weighted by Crippen LogP contribution is 2.28. The molecule has 174 valence electrons. The lowest BCUT2D eigenvalue weighted by Gasteiger charge is -2.13. The van der Waals surface area contributed by atoms with Gasteiger partial charge >= 0.3 is 5.97 Å². The smallest absolute Gasteiger partial charge is 0.336 e. The Morgan fingerprint density at radius 3 is 2.18 bits per heavy atom. The van der Waals surface area contributed by atoms with Crippen LogP contribution in [0.3, 0.4) is 0 Å². The molecule has 33 heavy (non-hydrogen) atoms. The summed E-state index contributed by atoms with van der Waals surface area (Å²) in [6, 6.07) is 13.6. The van der Waals surface area contributed by atoms with Crippen molar-refractivity contribution >= 4 is 5.97 Å². The normalized spacial score (nSPS) is 12.0. The van der Waals surface area contributed by atoms with Crippen LogP contribution in [0.5, 0.6) is 0 Å². The van der Waals surface area contributed by atoms with Crippen molar-refractivity contribution in [3.8, 4) is 22.5 Å². The lowest BCUT2D eigenvalue weighted by atomic mass is 9.92. The molecule has 0 aliphatic rings. The number of carboxylic acids is 1. The van der Waals surface area contributed by atoms with Crippen molar-refractivity contribution in [1.82, 2.24) is 9.97 Å². The molecule has 0 spiro atoms. The lowest BCUT2D eigenvalue weighted by molar-refractivity contribution is 0.0697. The van der Waals surface area contributed by atoms with Gasteiger partial charge in [0.2, 0.25) is 0 Å². The van der Waals surface area contributed by atoms with Crippen molar-refractivity contribution in [2.45, 2.75) is 72.1 Å². The topological polar surface area (TPSA) is 63.1 Å². The maximum atomic E-state index is 11.8. The van der Waals surface area contributed by atoms with E-state index < -0.39 is 5.97 Å². The van der Waals surface area contributed by atoms with E-state index in [-0.39, 0.29) is 0 Å². The van der Waals surface area contributed by atoms with E-state index in [2.05, 4.69) is 30.7 Å². The minimum atomic E-state index is -0.905. The molecule has 3 aromatic rings. The third-order valence-electron chi connectivity index (χ3n) is 6.32. The number of carboxylic acid groups (broad SMARTS) is 1. The van der Waals surface area contributed by atoms with E-state index in [4.69, 9.17) is 0 Å². The first-order chi connectivity index (χ1) is 16.0. The van der Waals surface area contributed by atoms with Gasteiger partial charge in [0.15, 0.2) is 5.82 Å². The van der Waals surface area contributed by atoms with Gasteiger partial charge in [-0.05, 0) is 53.5 Å². The fraction of sp³-hybridized carbons (Fsp3) is 0.414. The molecule has 0 saturated heterocycles. The highest BCUT2D eigenvalue weighted by molar-refractivity contribution is 5.96. The van der Waals surface area contributed by atoms with Crippen LogP contribution in [0.15, 0.2) is 54.9 Å². The van der Waals surface area contributed by atoms with Gasteiger partial charge in [-0.25, -0.2) is 14.8 Å². The van der Waals surface area contributed by atoms with Gasteiger partial charge in [-0.1, -0.05) is 89.3 Å². The number of nitrogens with zero attached hydrogens (tertiary/aromatic N) is 2. The first-order valence-electron chi connectivity index (χ1n) is 12.3. The van der Waals surface area contributed by atoms with Gasteiger partial charge in [-0.3, -0.25) is 0 Å². The predicted molar refractivity (Wildman–Crippen MR) is 135 cm³/mol. The molecule has 1 aromatic heterocycles. The number of aryl methyl sites for hydroxylation is 1. The fourth-order valence-corrected chi connectivity index (χ4v) is 4.05. The highest BCUT2D eigenvalue weighted by Gasteiger charge is 2.14. The predicted octanol–water partition coefficient (Wildman–Crippen LogP) is 7.61. The molecule has 0 aliphatic heterocycles. The first kappa shape index (κ1) is 24.6. The highest BCUT2D eigenvalue weighted by atomic mass is 16.4. The van der Waals surface area contributed by atoms with Gasteiger partial charge in [0, 0.05) is 18.0 Å². The molecule has 0 fully saturated rings. The Morgan fingerprint density at radius 1 is 0.879 bits per heavy atom. The first-order valence-corrected chi connectivity index (χ1v) is 12.3. The summed E-state index contributed by atoms with van der Waals surface area (Å²) in [5.41, 5.74) is 5.26. The van der Waals surface area contributed by atoms with E-state index in [0.717, 1.165) is 36.0 Å². The third kappa shape index (κ3) is 6.98. The van der Waals surface area contributed by atoms with Crippen LogP contribution in [-0.4, -0.2) is 21.0 Å². The molecule has 4 heteroatoms. The van der Waals surface area contributed by atoms with Crippen molar-refractivity contribution in [2.24, 2.45) is 5.92 Å². The molecule has 0 amide bonds. The number of carbonyl (C=O) groups is 1. The van der Waals surface area contributed by atoms with Crippen LogP contribution in [0.2, 0.25) is 0 Å².